The fourth-order valence-corrected chi connectivity index (χ4v) is 2.44. The van der Waals surface area contributed by atoms with Gasteiger partial charge < -0.3 is 19.8 Å². The Labute approximate surface area is 149 Å². The molecule has 0 spiro atoms. The minimum atomic E-state index is 0.405. The van der Waals surface area contributed by atoms with E-state index in [0.717, 1.165) is 40.8 Å². The number of hydrogen-bond acceptors (Lipinski definition) is 4. The molecule has 0 saturated carbocycles. The van der Waals surface area contributed by atoms with Crippen LogP contribution >= 0.6 is 0 Å². The maximum atomic E-state index is 5.90. The molecule has 2 N–H and O–H groups in total. The summed E-state index contributed by atoms with van der Waals surface area (Å²) >= 11 is 0. The average molecular weight is 344 g/mol. The Bertz CT molecular complexity index is 682. The van der Waals surface area contributed by atoms with Gasteiger partial charge in [0, 0.05) is 6.54 Å². The molecule has 136 valence electrons. The number of nitrogens with one attached hydrogen (secondary N) is 2. The second-order valence-electron chi connectivity index (χ2n) is 5.94. The van der Waals surface area contributed by atoms with E-state index in [-0.39, 0.29) is 0 Å². The van der Waals surface area contributed by atoms with E-state index < -0.39 is 0 Å². The van der Waals surface area contributed by atoms with Crippen molar-refractivity contribution in [1.29, 1.82) is 0 Å². The Balaban J connectivity index is 1.85. The number of aromatic nitrogens is 1. The zero-order valence-corrected chi connectivity index (χ0v) is 15.8. The van der Waals surface area contributed by atoms with Gasteiger partial charge in [-0.3, -0.25) is 0 Å². The van der Waals surface area contributed by atoms with Crippen LogP contribution in [-0.2, 0) is 6.54 Å². The predicted molar refractivity (Wildman–Crippen MR) is 100 cm³/mol. The van der Waals surface area contributed by atoms with Crippen molar-refractivity contribution in [1.82, 2.24) is 15.6 Å². The standard InChI is InChI=1S/C19H28N4O2/c1-6-20-19(22-12-17-23-15(4)16(5)25-17)21-10-11-24-18-13(2)8-7-9-14(18)3/h7-9H,6,10-12H2,1-5H3,(H2,20,21,22). The van der Waals surface area contributed by atoms with Crippen molar-refractivity contribution < 1.29 is 9.15 Å². The Kier molecular flexibility index (Phi) is 6.86. The van der Waals surface area contributed by atoms with E-state index in [1.165, 1.54) is 0 Å². The van der Waals surface area contributed by atoms with Crippen LogP contribution in [0.1, 0.15) is 35.4 Å². The van der Waals surface area contributed by atoms with Gasteiger partial charge >= 0.3 is 0 Å². The third-order valence-corrected chi connectivity index (χ3v) is 3.84. The summed E-state index contributed by atoms with van der Waals surface area (Å²) in [4.78, 5) is 8.84. The average Bonchev–Trinajstić information content (AvgIpc) is 2.89. The Morgan fingerprint density at radius 3 is 2.48 bits per heavy atom. The zero-order chi connectivity index (χ0) is 18.2. The lowest BCUT2D eigenvalue weighted by molar-refractivity contribution is 0.317. The summed E-state index contributed by atoms with van der Waals surface area (Å²) in [6, 6.07) is 6.15. The fraction of sp³-hybridized carbons (Fsp3) is 0.474. The van der Waals surface area contributed by atoms with Gasteiger partial charge in [0.2, 0.25) is 5.89 Å². The third-order valence-electron chi connectivity index (χ3n) is 3.84. The first-order valence-corrected chi connectivity index (χ1v) is 8.65. The summed E-state index contributed by atoms with van der Waals surface area (Å²) in [6.45, 7) is 12.4. The number of aryl methyl sites for hydroxylation is 4. The number of oxazole rings is 1. The van der Waals surface area contributed by atoms with E-state index in [4.69, 9.17) is 9.15 Å². The molecule has 6 nitrogen and oxygen atoms in total. The smallest absolute Gasteiger partial charge is 0.216 e. The minimum absolute atomic E-state index is 0.405. The van der Waals surface area contributed by atoms with Crippen LogP contribution in [0.15, 0.2) is 27.6 Å². The predicted octanol–water partition coefficient (Wildman–Crippen LogP) is 3.04. The van der Waals surface area contributed by atoms with Crippen molar-refractivity contribution in [2.75, 3.05) is 19.7 Å². The number of hydrogen-bond donors (Lipinski definition) is 2. The first-order valence-electron chi connectivity index (χ1n) is 8.65. The molecule has 0 radical (unpaired) electrons. The summed E-state index contributed by atoms with van der Waals surface area (Å²) in [5.74, 6) is 3.14. The molecule has 0 saturated heterocycles. The van der Waals surface area contributed by atoms with Crippen LogP contribution in [0.2, 0.25) is 0 Å². The second-order valence-corrected chi connectivity index (χ2v) is 5.94. The van der Waals surface area contributed by atoms with Crippen LogP contribution in [0, 0.1) is 27.7 Å². The molecule has 0 aliphatic rings. The van der Waals surface area contributed by atoms with Gasteiger partial charge in [-0.2, -0.15) is 0 Å². The van der Waals surface area contributed by atoms with Crippen LogP contribution in [0.3, 0.4) is 0 Å². The Hall–Kier alpha value is -2.50. The molecule has 1 heterocycles. The van der Waals surface area contributed by atoms with Gasteiger partial charge in [-0.05, 0) is 45.7 Å². The fourth-order valence-electron chi connectivity index (χ4n) is 2.44. The molecule has 0 amide bonds. The summed E-state index contributed by atoms with van der Waals surface area (Å²) < 4.78 is 11.5. The van der Waals surface area contributed by atoms with Crippen LogP contribution in [-0.4, -0.2) is 30.6 Å². The molecule has 0 aliphatic heterocycles. The van der Waals surface area contributed by atoms with Gasteiger partial charge in [-0.1, -0.05) is 18.2 Å². The number of guanidine groups is 1. The summed E-state index contributed by atoms with van der Waals surface area (Å²) in [6.07, 6.45) is 0. The van der Waals surface area contributed by atoms with Crippen LogP contribution < -0.4 is 15.4 Å². The third kappa shape index (κ3) is 5.52. The van der Waals surface area contributed by atoms with Crippen LogP contribution in [0.4, 0.5) is 0 Å². The molecule has 1 aromatic carbocycles. The lowest BCUT2D eigenvalue weighted by Gasteiger charge is -2.14. The highest BCUT2D eigenvalue weighted by Crippen LogP contribution is 2.21. The number of aliphatic imine (C=N–C) groups is 1. The first kappa shape index (κ1) is 18.8. The molecule has 0 fully saturated rings. The molecule has 0 atom stereocenters. The molecule has 6 heteroatoms. The minimum Gasteiger partial charge on any atom is -0.491 e. The summed E-state index contributed by atoms with van der Waals surface area (Å²) in [7, 11) is 0. The second kappa shape index (κ2) is 9.11. The Morgan fingerprint density at radius 2 is 1.88 bits per heavy atom. The number of ether oxygens (including phenoxy) is 1. The van der Waals surface area contributed by atoms with Crippen molar-refractivity contribution in [2.24, 2.45) is 4.99 Å². The maximum absolute atomic E-state index is 5.90. The lowest BCUT2D eigenvalue weighted by atomic mass is 10.1. The number of para-hydroxylation sites is 1. The molecule has 2 aromatic rings. The van der Waals surface area contributed by atoms with Gasteiger partial charge in [0.25, 0.3) is 0 Å². The molecule has 1 aromatic heterocycles. The van der Waals surface area contributed by atoms with E-state index in [1.807, 2.05) is 26.8 Å². The highest BCUT2D eigenvalue weighted by molar-refractivity contribution is 5.79. The zero-order valence-electron chi connectivity index (χ0n) is 15.8. The first-order chi connectivity index (χ1) is 12.0. The van der Waals surface area contributed by atoms with Gasteiger partial charge in [0.15, 0.2) is 5.96 Å². The van der Waals surface area contributed by atoms with Gasteiger partial charge in [0.05, 0.1) is 12.2 Å². The molecule has 25 heavy (non-hydrogen) atoms. The van der Waals surface area contributed by atoms with Gasteiger partial charge in [-0.25, -0.2) is 9.98 Å². The normalized spacial score (nSPS) is 11.5. The van der Waals surface area contributed by atoms with Crippen molar-refractivity contribution in [3.05, 3.63) is 46.7 Å². The van der Waals surface area contributed by atoms with Crippen LogP contribution in [0.5, 0.6) is 5.75 Å². The summed E-state index contributed by atoms with van der Waals surface area (Å²) in [5.41, 5.74) is 3.20. The molecule has 2 rings (SSSR count). The van der Waals surface area contributed by atoms with E-state index in [1.54, 1.807) is 0 Å². The lowest BCUT2D eigenvalue weighted by Crippen LogP contribution is -2.39. The number of rotatable bonds is 7. The SMILES string of the molecule is CCNC(=NCc1nc(C)c(C)o1)NCCOc1c(C)cccc1C. The van der Waals surface area contributed by atoms with Gasteiger partial charge in [-0.15, -0.1) is 0 Å². The quantitative estimate of drug-likeness (QED) is 0.459. The maximum Gasteiger partial charge on any atom is 0.216 e. The van der Waals surface area contributed by atoms with Crippen molar-refractivity contribution in [3.63, 3.8) is 0 Å². The van der Waals surface area contributed by atoms with Crippen molar-refractivity contribution >= 4 is 5.96 Å². The highest BCUT2D eigenvalue weighted by Gasteiger charge is 2.06. The van der Waals surface area contributed by atoms with Gasteiger partial charge in [0.1, 0.15) is 24.7 Å². The van der Waals surface area contributed by atoms with E-state index >= 15 is 0 Å². The van der Waals surface area contributed by atoms with E-state index in [0.29, 0.717) is 25.6 Å². The number of benzene rings is 1. The molecular formula is C19H28N4O2. The van der Waals surface area contributed by atoms with E-state index in [9.17, 15) is 0 Å². The molecule has 0 aliphatic carbocycles. The molecule has 0 bridgehead atoms. The van der Waals surface area contributed by atoms with E-state index in [2.05, 4.69) is 46.6 Å². The largest absolute Gasteiger partial charge is 0.491 e. The monoisotopic (exact) mass is 344 g/mol. The summed E-state index contributed by atoms with van der Waals surface area (Å²) in [5, 5.41) is 6.48. The molecule has 0 unspecified atom stereocenters. The van der Waals surface area contributed by atoms with Crippen LogP contribution in [0.25, 0.3) is 0 Å². The number of nitrogens with zero attached hydrogens (tertiary/aromatic N) is 2. The van der Waals surface area contributed by atoms with Crippen molar-refractivity contribution in [3.8, 4) is 5.75 Å². The Morgan fingerprint density at radius 1 is 1.16 bits per heavy atom. The topological polar surface area (TPSA) is 71.7 Å². The molecular weight excluding hydrogens is 316 g/mol. The highest BCUT2D eigenvalue weighted by atomic mass is 16.5. The van der Waals surface area contributed by atoms with Crippen molar-refractivity contribution in [2.45, 2.75) is 41.2 Å².